The van der Waals surface area contributed by atoms with Gasteiger partial charge in [-0.2, -0.15) is 0 Å². The number of Topliss-reactive ketones (excluding diaryl/α,β-unsaturated/α-hetero) is 5. The van der Waals surface area contributed by atoms with E-state index in [1.807, 2.05) is 100 Å². The molecule has 88 heavy (non-hydrogen) atoms. The minimum atomic E-state index is -2.82. The molecule has 2 heterocycles. The Bertz CT molecular complexity index is 3690. The Kier molecular flexibility index (Phi) is 15.1. The molecule has 8 aliphatic rings. The van der Waals surface area contributed by atoms with Gasteiger partial charge in [-0.15, -0.1) is 0 Å². The number of nitrogens with zero attached hydrogens (tertiary/aromatic N) is 6. The van der Waals surface area contributed by atoms with E-state index in [1.165, 1.54) is 11.0 Å². The SMILES string of the molecule is CN(C)c1ccc(O)c2c1C[C@@]1(CN3CCOCC3)C[C@H]3[C@H](N(C)C)C(=O)C(C(N)=O)=C(O)[C@@]3(O)C(=O)C1=C2O.Cc1ccc(N(C)C)c2c1C(=O)[C@@]13C[C@]1(C2)C[C@H]1[C@H](N(C)C)c2onc(OCc4ccccc4)c2C(=O)[C@@]1(O[Si](C)(C)C(C)(C)C)C3=O. The number of nitrogens with two attached hydrogens (primary N) is 1. The van der Waals surface area contributed by atoms with E-state index in [9.17, 15) is 39.6 Å². The Morgan fingerprint density at radius 2 is 1.40 bits per heavy atom. The van der Waals surface area contributed by atoms with Crippen LogP contribution in [-0.4, -0.2) is 190 Å². The van der Waals surface area contributed by atoms with Crippen LogP contribution in [0.5, 0.6) is 11.6 Å². The molecule has 12 rings (SSSR count). The smallest absolute Gasteiger partial charge is 0.265 e. The molecular formula is C66H83N7O14Si. The third-order valence-corrected chi connectivity index (χ3v) is 25.6. The number of ether oxygens (including phenoxy) is 2. The number of aliphatic hydroxyl groups is 3. The van der Waals surface area contributed by atoms with Crippen molar-refractivity contribution in [2.75, 3.05) is 99.0 Å². The van der Waals surface area contributed by atoms with Crippen molar-refractivity contribution >= 4 is 60.3 Å². The number of anilines is 2. The zero-order chi connectivity index (χ0) is 64.1. The summed E-state index contributed by atoms with van der Waals surface area (Å²) in [6.07, 6.45) is 1.68. The number of morpholine rings is 1. The fourth-order valence-corrected chi connectivity index (χ4v) is 17.5. The summed E-state index contributed by atoms with van der Waals surface area (Å²) in [5.41, 5.74) is 2.72. The van der Waals surface area contributed by atoms with Crippen molar-refractivity contribution in [3.63, 3.8) is 0 Å². The van der Waals surface area contributed by atoms with Gasteiger partial charge in [0.2, 0.25) is 11.6 Å². The van der Waals surface area contributed by atoms with E-state index in [2.05, 4.69) is 50.0 Å². The number of ketones is 5. The van der Waals surface area contributed by atoms with Crippen LogP contribution in [0.2, 0.25) is 18.1 Å². The van der Waals surface area contributed by atoms with Crippen LogP contribution >= 0.6 is 0 Å². The number of carbonyl (C=O) groups excluding carboxylic acids is 6. The van der Waals surface area contributed by atoms with E-state index in [-0.39, 0.29) is 70.9 Å². The molecule has 4 aromatic rings. The van der Waals surface area contributed by atoms with Crippen LogP contribution in [0.1, 0.15) is 100 Å². The Hall–Kier alpha value is -7.05. The number of primary amides is 1. The fourth-order valence-electron chi connectivity index (χ4n) is 16.0. The molecule has 0 spiro atoms. The van der Waals surface area contributed by atoms with E-state index in [0.29, 0.717) is 62.5 Å². The van der Waals surface area contributed by atoms with Crippen LogP contribution in [0, 0.1) is 35.0 Å². The number of hydrogen-bond donors (Lipinski definition) is 5. The molecule has 470 valence electrons. The van der Waals surface area contributed by atoms with Crippen molar-refractivity contribution < 1.29 is 67.6 Å². The number of fused-ring (bicyclic) bond motifs is 6. The minimum Gasteiger partial charge on any atom is -0.508 e. The minimum absolute atomic E-state index is 0.0125. The first-order valence-corrected chi connectivity index (χ1v) is 33.1. The lowest BCUT2D eigenvalue weighted by Crippen LogP contribution is -2.70. The van der Waals surface area contributed by atoms with Crippen LogP contribution in [-0.2, 0) is 47.8 Å². The van der Waals surface area contributed by atoms with Crippen LogP contribution in [0.4, 0.5) is 11.4 Å². The van der Waals surface area contributed by atoms with Gasteiger partial charge in [-0.1, -0.05) is 57.2 Å². The predicted molar refractivity (Wildman–Crippen MR) is 330 cm³/mol. The molecule has 7 aliphatic carbocycles. The van der Waals surface area contributed by atoms with E-state index >= 15 is 9.59 Å². The molecule has 0 bridgehead atoms. The van der Waals surface area contributed by atoms with E-state index in [0.717, 1.165) is 28.1 Å². The molecule has 9 atom stereocenters. The van der Waals surface area contributed by atoms with Crippen LogP contribution < -0.4 is 20.3 Å². The number of phenols is 1. The molecule has 3 aromatic carbocycles. The first-order chi connectivity index (χ1) is 41.2. The molecule has 22 heteroatoms. The van der Waals surface area contributed by atoms with Gasteiger partial charge in [0.15, 0.2) is 42.6 Å². The number of aromatic nitrogens is 1. The number of hydrogen-bond acceptors (Lipinski definition) is 20. The molecule has 1 amide bonds. The highest BCUT2D eigenvalue weighted by atomic mass is 28.4. The van der Waals surface area contributed by atoms with Crippen LogP contribution in [0.3, 0.4) is 0 Å². The number of aliphatic hydroxyl groups excluding tert-OH is 2. The first-order valence-electron chi connectivity index (χ1n) is 30.1. The number of carbonyl (C=O) groups is 6. The highest BCUT2D eigenvalue weighted by Gasteiger charge is 2.87. The molecule has 4 fully saturated rings. The maximum Gasteiger partial charge on any atom is 0.265 e. The largest absolute Gasteiger partial charge is 0.508 e. The number of benzene rings is 3. The molecule has 3 saturated carbocycles. The van der Waals surface area contributed by atoms with Gasteiger partial charge in [0.05, 0.1) is 30.9 Å². The molecule has 1 aromatic heterocycles. The summed E-state index contributed by atoms with van der Waals surface area (Å²) in [5, 5.41) is 49.8. The normalized spacial score (nSPS) is 29.9. The lowest BCUT2D eigenvalue weighted by atomic mass is 9.51. The quantitative estimate of drug-likeness (QED) is 0.0589. The Morgan fingerprint density at radius 1 is 0.784 bits per heavy atom. The second-order valence-corrected chi connectivity index (χ2v) is 32.9. The average Bonchev–Trinajstić information content (AvgIpc) is 1.44. The average molecular weight is 1230 g/mol. The predicted octanol–water partition coefficient (Wildman–Crippen LogP) is 6.32. The topological polar surface area (TPSA) is 279 Å². The summed E-state index contributed by atoms with van der Waals surface area (Å²) in [6.45, 7) is 14.9. The maximum absolute atomic E-state index is 15.8. The van der Waals surface area contributed by atoms with E-state index in [4.69, 9.17) is 24.2 Å². The van der Waals surface area contributed by atoms with Crippen molar-refractivity contribution in [3.8, 4) is 11.6 Å². The number of aromatic hydroxyl groups is 1. The van der Waals surface area contributed by atoms with E-state index < -0.39 is 100 Å². The van der Waals surface area contributed by atoms with Crippen molar-refractivity contribution in [1.82, 2.24) is 19.9 Å². The van der Waals surface area contributed by atoms with Gasteiger partial charge in [-0.3, -0.25) is 43.5 Å². The number of aryl methyl sites for hydroxylation is 1. The molecule has 0 radical (unpaired) electrons. The third-order valence-electron chi connectivity index (χ3n) is 21.2. The van der Waals surface area contributed by atoms with Gasteiger partial charge in [-0.05, 0) is 136 Å². The van der Waals surface area contributed by atoms with Gasteiger partial charge in [0, 0.05) is 87.6 Å². The van der Waals surface area contributed by atoms with Gasteiger partial charge in [0.1, 0.15) is 40.4 Å². The molecule has 21 nitrogen and oxygen atoms in total. The van der Waals surface area contributed by atoms with Gasteiger partial charge >= 0.3 is 0 Å². The Labute approximate surface area is 514 Å². The maximum atomic E-state index is 15.8. The molecule has 1 aliphatic heterocycles. The number of rotatable bonds is 12. The van der Waals surface area contributed by atoms with Crippen LogP contribution in [0.15, 0.2) is 76.0 Å². The van der Waals surface area contributed by atoms with Crippen molar-refractivity contribution in [1.29, 1.82) is 0 Å². The highest BCUT2D eigenvalue weighted by molar-refractivity contribution is 6.74. The standard InChI is InChI=1S/C38H47N3O6Si.C28H36N4O8/c1-22-16-17-26(40(5)6)24-18-36-19-25-29(41(7)8)30-28(33(39-46-30)45-20-23-14-12-11-13-15-23)32(43)38(25,47-48(9,10)35(2,3)4)34(44)37(36,21-36)31(42)27(22)24;1-30(2)16-5-6-17(33)18-14(16)11-27(13-32-7-9-40-10-8-32)12-15-21(31(3)4)23(35)19(26(29)38)24(36)28(15,39)25(37)20(27)22(18)34/h11-17,25,29H,18-21H2,1-10H3;5-6,15,21,33-34,36,39H,7-13H2,1-4H3,(H2,29,38)/t25-,29-,36-,37+,38+;15-,21-,27-,28+/m00/s1. The molecular weight excluding hydrogens is 1140 g/mol. The number of likely N-dealkylation sites (N-methyl/N-ethyl adjacent to an activating group) is 1. The summed E-state index contributed by atoms with van der Waals surface area (Å²) in [5.74, 6) is -7.28. The second kappa shape index (κ2) is 21.3. The summed E-state index contributed by atoms with van der Waals surface area (Å²) in [6, 6.07) is 15.1. The third kappa shape index (κ3) is 8.92. The van der Waals surface area contributed by atoms with Crippen molar-refractivity contribution in [2.24, 2.45) is 33.8 Å². The zero-order valence-electron chi connectivity index (χ0n) is 52.9. The first kappa shape index (κ1) is 62.6. The Morgan fingerprint density at radius 3 is 1.99 bits per heavy atom. The van der Waals surface area contributed by atoms with Crippen LogP contribution in [0.25, 0.3) is 5.76 Å². The molecule has 6 N–H and O–H groups in total. The monoisotopic (exact) mass is 1230 g/mol. The van der Waals surface area contributed by atoms with Gasteiger partial charge < -0.3 is 54.4 Å². The second-order valence-electron chi connectivity index (χ2n) is 28.2. The lowest BCUT2D eigenvalue weighted by Gasteiger charge is -2.56. The van der Waals surface area contributed by atoms with E-state index in [1.54, 1.807) is 20.2 Å². The summed E-state index contributed by atoms with van der Waals surface area (Å²) < 4.78 is 25.0. The fraction of sp³-hybridized carbons (Fsp3) is 0.530. The van der Waals surface area contributed by atoms with Crippen molar-refractivity contribution in [3.05, 3.63) is 116 Å². The number of amides is 1. The lowest BCUT2D eigenvalue weighted by molar-refractivity contribution is -0.158. The number of phenolic OH excluding ortho intramolecular Hbond substituents is 1. The highest BCUT2D eigenvalue weighted by Crippen LogP contribution is 2.79. The summed E-state index contributed by atoms with van der Waals surface area (Å²) in [7, 11) is 11.8. The summed E-state index contributed by atoms with van der Waals surface area (Å²) >= 11 is 0. The van der Waals surface area contributed by atoms with Gasteiger partial charge in [0.25, 0.3) is 11.8 Å². The summed E-state index contributed by atoms with van der Waals surface area (Å²) in [4.78, 5) is 95.9. The molecule has 0 unspecified atom stereocenters. The zero-order valence-corrected chi connectivity index (χ0v) is 53.9. The Balaban J connectivity index is 0.000000185. The molecule has 1 saturated heterocycles. The van der Waals surface area contributed by atoms with Crippen molar-refractivity contribution in [2.45, 2.75) is 108 Å². The van der Waals surface area contributed by atoms with Gasteiger partial charge in [-0.25, -0.2) is 0 Å².